The largest absolute Gasteiger partial charge is 0.461 e. The Morgan fingerprint density at radius 3 is 2.93 bits per heavy atom. The molecule has 14 heavy (non-hydrogen) atoms. The Morgan fingerprint density at radius 2 is 2.43 bits per heavy atom. The minimum absolute atomic E-state index is 0.167. The number of nitrogens with zero attached hydrogens (tertiary/aromatic N) is 3. The summed E-state index contributed by atoms with van der Waals surface area (Å²) in [7, 11) is 0. The van der Waals surface area contributed by atoms with Gasteiger partial charge in [-0.2, -0.15) is 0 Å². The zero-order valence-corrected chi connectivity index (χ0v) is 7.76. The number of esters is 1. The van der Waals surface area contributed by atoms with Gasteiger partial charge in [0, 0.05) is 22.9 Å². The van der Waals surface area contributed by atoms with Gasteiger partial charge in [0.1, 0.15) is 0 Å². The van der Waals surface area contributed by atoms with Crippen molar-refractivity contribution in [2.45, 2.75) is 13.8 Å². The lowest BCUT2D eigenvalue weighted by Gasteiger charge is -1.99. The zero-order valence-electron chi connectivity index (χ0n) is 7.76. The van der Waals surface area contributed by atoms with E-state index in [9.17, 15) is 14.9 Å². The lowest BCUT2D eigenvalue weighted by Crippen LogP contribution is -2.19. The van der Waals surface area contributed by atoms with Crippen molar-refractivity contribution in [3.8, 4) is 0 Å². The second kappa shape index (κ2) is 3.86. The van der Waals surface area contributed by atoms with Gasteiger partial charge in [-0.05, 0) is 6.92 Å². The molecule has 7 heteroatoms. The van der Waals surface area contributed by atoms with Gasteiger partial charge in [0.05, 0.1) is 11.6 Å². The van der Waals surface area contributed by atoms with E-state index in [0.29, 0.717) is 10.5 Å². The van der Waals surface area contributed by atoms with Gasteiger partial charge in [0.15, 0.2) is 5.69 Å². The molecule has 0 saturated heterocycles. The third-order valence-electron chi connectivity index (χ3n) is 1.45. The summed E-state index contributed by atoms with van der Waals surface area (Å²) in [6, 6.07) is 1.31. The molecule has 0 bridgehead atoms. The number of carbonyl (C=O) groups excluding carboxylic acids is 1. The molecule has 1 aromatic rings. The van der Waals surface area contributed by atoms with Gasteiger partial charge in [-0.1, -0.05) is 0 Å². The van der Waals surface area contributed by atoms with Crippen molar-refractivity contribution in [1.29, 1.82) is 0 Å². The van der Waals surface area contributed by atoms with Crippen molar-refractivity contribution in [2.75, 3.05) is 6.61 Å². The summed E-state index contributed by atoms with van der Waals surface area (Å²) in [6.45, 7) is 3.35. The molecule has 0 fully saturated rings. The van der Waals surface area contributed by atoms with E-state index >= 15 is 0 Å². The number of hydrogen-bond donors (Lipinski definition) is 0. The Balaban J connectivity index is 3.06. The maximum atomic E-state index is 11.2. The van der Waals surface area contributed by atoms with Crippen LogP contribution in [0.25, 0.3) is 0 Å². The SMILES string of the molecule is CCOC(=O)c1cc(C)nn1[N+](=O)[O-]. The van der Waals surface area contributed by atoms with Gasteiger partial charge in [-0.25, -0.2) is 4.79 Å². The van der Waals surface area contributed by atoms with Crippen LogP contribution < -0.4 is 0 Å². The van der Waals surface area contributed by atoms with Crippen molar-refractivity contribution in [2.24, 2.45) is 0 Å². The van der Waals surface area contributed by atoms with Crippen LogP contribution in [0.1, 0.15) is 23.1 Å². The van der Waals surface area contributed by atoms with Crippen LogP contribution in [0, 0.1) is 17.0 Å². The summed E-state index contributed by atoms with van der Waals surface area (Å²) in [5.41, 5.74) is 0.221. The highest BCUT2D eigenvalue weighted by molar-refractivity contribution is 5.87. The van der Waals surface area contributed by atoms with Crippen LogP contribution in [0.2, 0.25) is 0 Å². The zero-order chi connectivity index (χ0) is 10.7. The lowest BCUT2D eigenvalue weighted by molar-refractivity contribution is -0.553. The molecule has 0 aliphatic carbocycles. The number of rotatable bonds is 3. The highest BCUT2D eigenvalue weighted by atomic mass is 16.7. The molecule has 1 rings (SSSR count). The van der Waals surface area contributed by atoms with E-state index in [2.05, 4.69) is 9.84 Å². The van der Waals surface area contributed by atoms with E-state index in [1.165, 1.54) is 6.07 Å². The Kier molecular flexibility index (Phi) is 2.80. The van der Waals surface area contributed by atoms with Crippen LogP contribution in [0.3, 0.4) is 0 Å². The van der Waals surface area contributed by atoms with Gasteiger partial charge in [0.25, 0.3) is 0 Å². The minimum Gasteiger partial charge on any atom is -0.461 e. The second-order valence-corrected chi connectivity index (χ2v) is 2.52. The first-order chi connectivity index (χ1) is 6.56. The Morgan fingerprint density at radius 1 is 1.79 bits per heavy atom. The Labute approximate surface area is 79.4 Å². The standard InChI is InChI=1S/C7H9N3O4/c1-3-14-7(11)6-4-5(2)8-9(6)10(12)13/h4H,3H2,1-2H3. The van der Waals surface area contributed by atoms with E-state index in [-0.39, 0.29) is 12.3 Å². The Bertz CT molecular complexity index is 371. The van der Waals surface area contributed by atoms with Crippen molar-refractivity contribution < 1.29 is 14.6 Å². The summed E-state index contributed by atoms with van der Waals surface area (Å²) >= 11 is 0. The third kappa shape index (κ3) is 1.87. The van der Waals surface area contributed by atoms with Gasteiger partial charge in [-0.3, -0.25) is 0 Å². The molecule has 7 nitrogen and oxygen atoms in total. The topological polar surface area (TPSA) is 87.3 Å². The fraction of sp³-hybridized carbons (Fsp3) is 0.429. The summed E-state index contributed by atoms with van der Waals surface area (Å²) in [6.07, 6.45) is 0. The highest BCUT2D eigenvalue weighted by Gasteiger charge is 2.22. The number of hydrogen-bond acceptors (Lipinski definition) is 5. The number of aryl methyl sites for hydroxylation is 1. The normalized spacial score (nSPS) is 9.86. The molecule has 0 amide bonds. The summed E-state index contributed by atoms with van der Waals surface area (Å²) in [5, 5.41) is 13.2. The molecule has 0 atom stereocenters. The van der Waals surface area contributed by atoms with Gasteiger partial charge < -0.3 is 14.9 Å². The molecule has 1 aromatic heterocycles. The first-order valence-electron chi connectivity index (χ1n) is 3.94. The molecule has 1 heterocycles. The monoisotopic (exact) mass is 199 g/mol. The van der Waals surface area contributed by atoms with Crippen LogP contribution in [0.5, 0.6) is 0 Å². The van der Waals surface area contributed by atoms with E-state index in [1.54, 1.807) is 13.8 Å². The molecule has 0 aromatic carbocycles. The average molecular weight is 199 g/mol. The Hall–Kier alpha value is -1.92. The molecule has 0 aliphatic rings. The fourth-order valence-corrected chi connectivity index (χ4v) is 0.958. The van der Waals surface area contributed by atoms with Crippen LogP contribution in [-0.4, -0.2) is 27.5 Å². The number of nitro groups is 1. The average Bonchev–Trinajstić information content (AvgIpc) is 2.48. The van der Waals surface area contributed by atoms with Crippen molar-refractivity contribution >= 4 is 5.97 Å². The van der Waals surface area contributed by atoms with Crippen LogP contribution in [0.4, 0.5) is 0 Å². The second-order valence-electron chi connectivity index (χ2n) is 2.52. The van der Waals surface area contributed by atoms with Crippen LogP contribution >= 0.6 is 0 Å². The van der Waals surface area contributed by atoms with Gasteiger partial charge in [-0.15, -0.1) is 0 Å². The predicted octanol–water partition coefficient (Wildman–Crippen LogP) is 0.408. The summed E-state index contributed by atoms with van der Waals surface area (Å²) in [5.74, 6) is -0.746. The van der Waals surface area contributed by atoms with Crippen LogP contribution in [0.15, 0.2) is 6.07 Å². The first kappa shape index (κ1) is 10.2. The number of ether oxygens (including phenoxy) is 1. The van der Waals surface area contributed by atoms with Gasteiger partial charge >= 0.3 is 5.97 Å². The summed E-state index contributed by atoms with van der Waals surface area (Å²) in [4.78, 5) is 22.0. The maximum Gasteiger partial charge on any atom is 0.363 e. The van der Waals surface area contributed by atoms with E-state index < -0.39 is 11.0 Å². The molecule has 0 aliphatic heterocycles. The number of carbonyl (C=O) groups is 1. The molecule has 0 spiro atoms. The first-order valence-corrected chi connectivity index (χ1v) is 3.94. The van der Waals surface area contributed by atoms with Crippen molar-refractivity contribution in [1.82, 2.24) is 9.89 Å². The van der Waals surface area contributed by atoms with Crippen LogP contribution in [-0.2, 0) is 4.74 Å². The molecule has 0 radical (unpaired) electrons. The molecule has 0 unspecified atom stereocenters. The van der Waals surface area contributed by atoms with E-state index in [0.717, 1.165) is 0 Å². The lowest BCUT2D eigenvalue weighted by atomic mass is 10.4. The molecule has 0 saturated carbocycles. The maximum absolute atomic E-state index is 11.2. The van der Waals surface area contributed by atoms with E-state index in [4.69, 9.17) is 0 Å². The predicted molar refractivity (Wildman–Crippen MR) is 45.3 cm³/mol. The molecular formula is C7H9N3O4. The van der Waals surface area contributed by atoms with Gasteiger partial charge in [0.2, 0.25) is 5.69 Å². The number of aromatic nitrogens is 2. The molecule has 0 N–H and O–H groups in total. The summed E-state index contributed by atoms with van der Waals surface area (Å²) < 4.78 is 4.63. The van der Waals surface area contributed by atoms with Crippen molar-refractivity contribution in [3.05, 3.63) is 27.6 Å². The third-order valence-corrected chi connectivity index (χ3v) is 1.45. The highest BCUT2D eigenvalue weighted by Crippen LogP contribution is 2.04. The van der Waals surface area contributed by atoms with Crippen molar-refractivity contribution in [3.63, 3.8) is 0 Å². The minimum atomic E-state index is -0.779. The fourth-order valence-electron chi connectivity index (χ4n) is 0.958. The van der Waals surface area contributed by atoms with E-state index in [1.807, 2.05) is 0 Å². The molecule has 76 valence electrons. The quantitative estimate of drug-likeness (QED) is 0.399. The smallest absolute Gasteiger partial charge is 0.363 e. The molecular weight excluding hydrogens is 190 g/mol.